The molecule has 1 aliphatic heterocycles. The number of aromatic nitrogens is 3. The number of nitrogens with zero attached hydrogens (tertiary/aromatic N) is 4. The number of aliphatic hydroxyl groups is 1. The second kappa shape index (κ2) is 12.3. The van der Waals surface area contributed by atoms with Gasteiger partial charge in [0.25, 0.3) is 0 Å². The Labute approximate surface area is 209 Å². The number of methoxy groups -OCH3 is 1. The van der Waals surface area contributed by atoms with Crippen molar-refractivity contribution in [3.05, 3.63) is 54.4 Å². The van der Waals surface area contributed by atoms with E-state index in [4.69, 9.17) is 4.74 Å². The Kier molecular flexibility index (Phi) is 8.90. The molecule has 2 aromatic heterocycles. The number of rotatable bonds is 11. The van der Waals surface area contributed by atoms with E-state index in [2.05, 4.69) is 20.1 Å². The highest BCUT2D eigenvalue weighted by Crippen LogP contribution is 2.35. The number of carboxylic acids is 1. The van der Waals surface area contributed by atoms with Gasteiger partial charge < -0.3 is 19.8 Å². The van der Waals surface area contributed by atoms with Gasteiger partial charge in [0.2, 0.25) is 0 Å². The van der Waals surface area contributed by atoms with Crippen molar-refractivity contribution in [1.29, 1.82) is 0 Å². The highest BCUT2D eigenvalue weighted by molar-refractivity contribution is 7.99. The summed E-state index contributed by atoms with van der Waals surface area (Å²) in [6.45, 7) is 2.59. The van der Waals surface area contributed by atoms with Crippen molar-refractivity contribution in [2.45, 2.75) is 36.8 Å². The zero-order chi connectivity index (χ0) is 24.6. The molecule has 3 heterocycles. The van der Waals surface area contributed by atoms with E-state index < -0.39 is 12.1 Å². The minimum Gasteiger partial charge on any atom is -0.497 e. The maximum atomic E-state index is 11.6. The number of aliphatic hydroxyl groups excluding tert-OH is 1. The van der Waals surface area contributed by atoms with Gasteiger partial charge in [0.1, 0.15) is 10.8 Å². The van der Waals surface area contributed by atoms with Gasteiger partial charge in [-0.25, -0.2) is 0 Å². The predicted molar refractivity (Wildman–Crippen MR) is 136 cm³/mol. The standard InChI is InChI=1S/C26H32N4O4S/c1-34-20-5-6-23-22(16-20)21(8-11-27-23)24(31)7-4-18-9-12-30(17-19(18)15-26(32)33)13-14-35-25-3-2-10-28-29-25/h2-3,5-6,8,10-11,16,18-19,24,31H,4,7,9,12-15,17H2,1H3,(H,32,33)/t18-,19+,24?/m1/s1. The maximum Gasteiger partial charge on any atom is 0.303 e. The third-order valence-corrected chi connectivity index (χ3v) is 7.67. The Morgan fingerprint density at radius 2 is 2.14 bits per heavy atom. The Morgan fingerprint density at radius 1 is 1.26 bits per heavy atom. The molecule has 186 valence electrons. The van der Waals surface area contributed by atoms with E-state index in [-0.39, 0.29) is 18.3 Å². The van der Waals surface area contributed by atoms with Crippen LogP contribution in [0.1, 0.15) is 37.4 Å². The Bertz CT molecular complexity index is 1120. The molecule has 4 rings (SSSR count). The van der Waals surface area contributed by atoms with E-state index in [1.807, 2.05) is 36.4 Å². The summed E-state index contributed by atoms with van der Waals surface area (Å²) >= 11 is 1.67. The number of hydrogen-bond donors (Lipinski definition) is 2. The van der Waals surface area contributed by atoms with Crippen LogP contribution >= 0.6 is 11.8 Å². The van der Waals surface area contributed by atoms with Gasteiger partial charge in [-0.2, -0.15) is 5.10 Å². The predicted octanol–water partition coefficient (Wildman–Crippen LogP) is 4.05. The first-order valence-corrected chi connectivity index (χ1v) is 13.0. The molecule has 0 bridgehead atoms. The number of benzene rings is 1. The lowest BCUT2D eigenvalue weighted by Gasteiger charge is -2.38. The van der Waals surface area contributed by atoms with Crippen LogP contribution in [0, 0.1) is 11.8 Å². The van der Waals surface area contributed by atoms with Crippen LogP contribution in [0.15, 0.2) is 53.8 Å². The lowest BCUT2D eigenvalue weighted by Crippen LogP contribution is -2.42. The number of fused-ring (bicyclic) bond motifs is 1. The Balaban J connectivity index is 1.35. The van der Waals surface area contributed by atoms with Gasteiger partial charge in [-0.05, 0) is 79.6 Å². The van der Waals surface area contributed by atoms with Crippen LogP contribution in [0.2, 0.25) is 0 Å². The minimum atomic E-state index is -0.761. The zero-order valence-corrected chi connectivity index (χ0v) is 20.7. The highest BCUT2D eigenvalue weighted by Gasteiger charge is 2.31. The van der Waals surface area contributed by atoms with Gasteiger partial charge in [-0.3, -0.25) is 9.78 Å². The zero-order valence-electron chi connectivity index (χ0n) is 19.9. The van der Waals surface area contributed by atoms with Crippen LogP contribution in [0.3, 0.4) is 0 Å². The molecule has 3 atom stereocenters. The average Bonchev–Trinajstić information content (AvgIpc) is 2.87. The van der Waals surface area contributed by atoms with Gasteiger partial charge in [0.05, 0.1) is 18.7 Å². The molecule has 1 saturated heterocycles. The number of carboxylic acid groups (broad SMARTS) is 1. The number of hydrogen-bond acceptors (Lipinski definition) is 8. The summed E-state index contributed by atoms with van der Waals surface area (Å²) in [4.78, 5) is 18.3. The number of ether oxygens (including phenoxy) is 1. The molecular weight excluding hydrogens is 464 g/mol. The first kappa shape index (κ1) is 25.3. The smallest absolute Gasteiger partial charge is 0.303 e. The number of carbonyl (C=O) groups is 1. The second-order valence-corrected chi connectivity index (χ2v) is 10.1. The van der Waals surface area contributed by atoms with E-state index in [9.17, 15) is 15.0 Å². The molecule has 0 saturated carbocycles. The van der Waals surface area contributed by atoms with Crippen LogP contribution in [-0.4, -0.2) is 68.8 Å². The maximum absolute atomic E-state index is 11.6. The van der Waals surface area contributed by atoms with Crippen LogP contribution in [0.5, 0.6) is 5.75 Å². The fourth-order valence-electron chi connectivity index (χ4n) is 4.93. The van der Waals surface area contributed by atoms with Crippen LogP contribution in [-0.2, 0) is 4.79 Å². The minimum absolute atomic E-state index is 0.0734. The molecule has 1 aromatic carbocycles. The van der Waals surface area contributed by atoms with Gasteiger partial charge in [-0.1, -0.05) is 0 Å². The summed E-state index contributed by atoms with van der Waals surface area (Å²) in [5.41, 5.74) is 1.65. The number of piperidine rings is 1. The van der Waals surface area contributed by atoms with Crippen molar-refractivity contribution < 1.29 is 19.7 Å². The van der Waals surface area contributed by atoms with Crippen molar-refractivity contribution >= 4 is 28.6 Å². The molecule has 0 spiro atoms. The number of thioether (sulfide) groups is 1. The van der Waals surface area contributed by atoms with Crippen LogP contribution in [0.4, 0.5) is 0 Å². The van der Waals surface area contributed by atoms with Gasteiger partial charge >= 0.3 is 5.97 Å². The van der Waals surface area contributed by atoms with Crippen LogP contribution in [0.25, 0.3) is 10.9 Å². The molecule has 3 aromatic rings. The van der Waals surface area contributed by atoms with Gasteiger partial charge in [0.15, 0.2) is 0 Å². The lowest BCUT2D eigenvalue weighted by molar-refractivity contribution is -0.139. The van der Waals surface area contributed by atoms with Crippen molar-refractivity contribution in [1.82, 2.24) is 20.1 Å². The summed E-state index contributed by atoms with van der Waals surface area (Å²) in [5, 5.41) is 30.4. The van der Waals surface area contributed by atoms with Crippen molar-refractivity contribution in [2.24, 2.45) is 11.8 Å². The van der Waals surface area contributed by atoms with E-state index in [1.165, 1.54) is 0 Å². The fourth-order valence-corrected chi connectivity index (χ4v) is 5.77. The first-order chi connectivity index (χ1) is 17.0. The second-order valence-electron chi connectivity index (χ2n) is 8.99. The summed E-state index contributed by atoms with van der Waals surface area (Å²) in [6.07, 6.45) is 5.21. The third-order valence-electron chi connectivity index (χ3n) is 6.77. The van der Waals surface area contributed by atoms with E-state index in [0.29, 0.717) is 6.42 Å². The van der Waals surface area contributed by atoms with Gasteiger partial charge in [0, 0.05) is 43.0 Å². The molecule has 35 heavy (non-hydrogen) atoms. The van der Waals surface area contributed by atoms with Crippen molar-refractivity contribution in [3.63, 3.8) is 0 Å². The third kappa shape index (κ3) is 6.90. The summed E-state index contributed by atoms with van der Waals surface area (Å²) in [5.74, 6) is 1.20. The molecule has 2 N–H and O–H groups in total. The lowest BCUT2D eigenvalue weighted by atomic mass is 9.79. The number of aliphatic carboxylic acids is 1. The average molecular weight is 497 g/mol. The SMILES string of the molecule is COc1ccc2nccc(C(O)CC[C@@H]3CCN(CCSc4cccnn4)C[C@@H]3CC(=O)O)c2c1. The van der Waals surface area contributed by atoms with Crippen LogP contribution < -0.4 is 4.74 Å². The van der Waals surface area contributed by atoms with Crippen molar-refractivity contribution in [3.8, 4) is 5.75 Å². The summed E-state index contributed by atoms with van der Waals surface area (Å²) in [7, 11) is 1.62. The molecular formula is C26H32N4O4S. The molecule has 0 radical (unpaired) electrons. The Morgan fingerprint density at radius 3 is 2.91 bits per heavy atom. The molecule has 1 unspecified atom stereocenters. The quantitative estimate of drug-likeness (QED) is 0.380. The monoisotopic (exact) mass is 496 g/mol. The number of likely N-dealkylation sites (tertiary alicyclic amines) is 1. The topological polar surface area (TPSA) is 109 Å². The molecule has 9 heteroatoms. The largest absolute Gasteiger partial charge is 0.497 e. The van der Waals surface area contributed by atoms with Crippen molar-refractivity contribution in [2.75, 3.05) is 32.5 Å². The molecule has 8 nitrogen and oxygen atoms in total. The van der Waals surface area contributed by atoms with E-state index in [0.717, 1.165) is 65.5 Å². The normalized spacial score (nSPS) is 19.5. The Hall–Kier alpha value is -2.75. The van der Waals surface area contributed by atoms with Gasteiger partial charge in [-0.15, -0.1) is 16.9 Å². The van der Waals surface area contributed by atoms with E-state index in [1.54, 1.807) is 31.3 Å². The molecule has 1 fully saturated rings. The molecule has 0 amide bonds. The molecule has 1 aliphatic rings. The summed E-state index contributed by atoms with van der Waals surface area (Å²) < 4.78 is 5.35. The fraction of sp³-hybridized carbons (Fsp3) is 0.462. The number of pyridine rings is 1. The first-order valence-electron chi connectivity index (χ1n) is 12.0. The highest BCUT2D eigenvalue weighted by atomic mass is 32.2. The molecule has 0 aliphatic carbocycles. The van der Waals surface area contributed by atoms with E-state index >= 15 is 0 Å². The summed E-state index contributed by atoms with van der Waals surface area (Å²) in [6, 6.07) is 11.4.